The third-order valence-electron chi connectivity index (χ3n) is 5.99. The molecule has 1 aliphatic rings. The number of rotatable bonds is 13. The first kappa shape index (κ1) is 27.2. The second kappa shape index (κ2) is 13.1. The van der Waals surface area contributed by atoms with Gasteiger partial charge in [0.1, 0.15) is 18.1 Å². The first-order valence-corrected chi connectivity index (χ1v) is 13.0. The number of H-pyrrole nitrogens is 2. The van der Waals surface area contributed by atoms with E-state index in [9.17, 15) is 24.3 Å². The molecular weight excluding hydrogens is 488 g/mol. The number of nitrogens with zero attached hydrogens (tertiary/aromatic N) is 3. The van der Waals surface area contributed by atoms with Crippen molar-refractivity contribution < 1.29 is 24.3 Å². The third-order valence-corrected chi connectivity index (χ3v) is 6.63. The summed E-state index contributed by atoms with van der Waals surface area (Å²) in [5.74, 6) is -2.03. The van der Waals surface area contributed by atoms with Gasteiger partial charge < -0.3 is 36.3 Å². The number of thioether (sulfide) groups is 1. The molecule has 36 heavy (non-hydrogen) atoms. The first-order valence-electron chi connectivity index (χ1n) is 11.6. The van der Waals surface area contributed by atoms with E-state index in [1.807, 2.05) is 6.26 Å². The van der Waals surface area contributed by atoms with Crippen LogP contribution in [0.15, 0.2) is 25.0 Å². The molecule has 0 aromatic carbocycles. The first-order chi connectivity index (χ1) is 17.3. The molecule has 196 valence electrons. The molecule has 3 rings (SSSR count). The van der Waals surface area contributed by atoms with E-state index in [2.05, 4.69) is 30.6 Å². The normalized spacial score (nSPS) is 17.8. The molecule has 2 aromatic rings. The lowest BCUT2D eigenvalue weighted by molar-refractivity contribution is -0.145. The lowest BCUT2D eigenvalue weighted by Gasteiger charge is -2.30. The number of carbonyl (C=O) groups excluding carboxylic acids is 3. The van der Waals surface area contributed by atoms with Crippen LogP contribution < -0.4 is 16.4 Å². The van der Waals surface area contributed by atoms with Crippen LogP contribution >= 0.6 is 11.8 Å². The number of aromatic amines is 2. The van der Waals surface area contributed by atoms with Gasteiger partial charge in [-0.25, -0.2) is 14.8 Å². The van der Waals surface area contributed by atoms with Gasteiger partial charge in [-0.1, -0.05) is 0 Å². The summed E-state index contributed by atoms with van der Waals surface area (Å²) in [6, 6.07) is -3.78. The van der Waals surface area contributed by atoms with Crippen molar-refractivity contribution in [2.24, 2.45) is 5.73 Å². The Morgan fingerprint density at radius 3 is 2.39 bits per heavy atom. The van der Waals surface area contributed by atoms with Crippen LogP contribution in [-0.4, -0.2) is 96.4 Å². The van der Waals surface area contributed by atoms with E-state index in [-0.39, 0.29) is 19.3 Å². The number of amides is 3. The minimum atomic E-state index is -1.12. The Morgan fingerprint density at radius 2 is 1.81 bits per heavy atom. The van der Waals surface area contributed by atoms with Crippen LogP contribution in [-0.2, 0) is 32.0 Å². The Morgan fingerprint density at radius 1 is 1.14 bits per heavy atom. The molecule has 2 aromatic heterocycles. The van der Waals surface area contributed by atoms with Gasteiger partial charge >= 0.3 is 5.97 Å². The highest BCUT2D eigenvalue weighted by molar-refractivity contribution is 7.98. The molecule has 0 saturated carbocycles. The minimum absolute atomic E-state index is 0.123. The Hall–Kier alpha value is -3.39. The zero-order chi connectivity index (χ0) is 26.1. The standard InChI is InChI=1S/C22H32N8O5S/c1-36-6-4-16(22(34)35)28-20(32)18-3-2-5-30(18)21(33)17(8-14-10-25-12-27-14)29-19(31)15(23)7-13-9-24-11-26-13/h9-12,15-18H,2-8,23H2,1H3,(H,24,26)(H,25,27)(H,28,32)(H,29,31)(H,34,35). The number of carboxylic acids is 1. The molecule has 1 fully saturated rings. The number of nitrogens with two attached hydrogens (primary N) is 1. The number of carbonyl (C=O) groups is 4. The number of aromatic nitrogens is 4. The second-order valence-electron chi connectivity index (χ2n) is 8.60. The van der Waals surface area contributed by atoms with Gasteiger partial charge in [-0.3, -0.25) is 14.4 Å². The zero-order valence-electron chi connectivity index (χ0n) is 20.0. The van der Waals surface area contributed by atoms with E-state index in [0.29, 0.717) is 36.5 Å². The molecule has 0 spiro atoms. The van der Waals surface area contributed by atoms with Gasteiger partial charge in [-0.2, -0.15) is 11.8 Å². The summed E-state index contributed by atoms with van der Waals surface area (Å²) in [5.41, 5.74) is 7.36. The largest absolute Gasteiger partial charge is 0.480 e. The van der Waals surface area contributed by atoms with Crippen molar-refractivity contribution in [2.75, 3.05) is 18.6 Å². The van der Waals surface area contributed by atoms with Crippen molar-refractivity contribution in [1.82, 2.24) is 35.5 Å². The van der Waals surface area contributed by atoms with Crippen molar-refractivity contribution in [3.8, 4) is 0 Å². The van der Waals surface area contributed by atoms with Crippen LogP contribution in [0.1, 0.15) is 30.7 Å². The van der Waals surface area contributed by atoms with Crippen LogP contribution in [0.5, 0.6) is 0 Å². The van der Waals surface area contributed by atoms with Crippen LogP contribution in [0.25, 0.3) is 0 Å². The van der Waals surface area contributed by atoms with Crippen molar-refractivity contribution in [3.05, 3.63) is 36.4 Å². The molecule has 13 nitrogen and oxygen atoms in total. The quantitative estimate of drug-likeness (QED) is 0.192. The fourth-order valence-corrected chi connectivity index (χ4v) is 4.56. The van der Waals surface area contributed by atoms with E-state index in [1.54, 1.807) is 12.4 Å². The van der Waals surface area contributed by atoms with Gasteiger partial charge in [0.2, 0.25) is 17.7 Å². The van der Waals surface area contributed by atoms with E-state index in [0.717, 1.165) is 0 Å². The highest BCUT2D eigenvalue weighted by Crippen LogP contribution is 2.20. The van der Waals surface area contributed by atoms with E-state index in [1.165, 1.54) is 29.3 Å². The maximum atomic E-state index is 13.6. The Kier molecular flexibility index (Phi) is 9.87. The minimum Gasteiger partial charge on any atom is -0.480 e. The van der Waals surface area contributed by atoms with E-state index >= 15 is 0 Å². The molecule has 0 bridgehead atoms. The predicted octanol–water partition coefficient (Wildman–Crippen LogP) is -0.956. The summed E-state index contributed by atoms with van der Waals surface area (Å²) >= 11 is 1.48. The van der Waals surface area contributed by atoms with Crippen LogP contribution in [0.4, 0.5) is 0 Å². The van der Waals surface area contributed by atoms with Crippen LogP contribution in [0.2, 0.25) is 0 Å². The lowest BCUT2D eigenvalue weighted by atomic mass is 10.1. The summed E-state index contributed by atoms with van der Waals surface area (Å²) in [5, 5.41) is 14.8. The zero-order valence-corrected chi connectivity index (χ0v) is 20.8. The number of carboxylic acid groups (broad SMARTS) is 1. The van der Waals surface area contributed by atoms with E-state index in [4.69, 9.17) is 5.73 Å². The van der Waals surface area contributed by atoms with Gasteiger partial charge in [-0.15, -0.1) is 0 Å². The number of likely N-dealkylation sites (tertiary alicyclic amines) is 1. The smallest absolute Gasteiger partial charge is 0.326 e. The molecular formula is C22H32N8O5S. The topological polar surface area (TPSA) is 199 Å². The number of hydrogen-bond acceptors (Lipinski definition) is 8. The summed E-state index contributed by atoms with van der Waals surface area (Å²) < 4.78 is 0. The molecule has 14 heteroatoms. The van der Waals surface area contributed by atoms with Gasteiger partial charge in [0.05, 0.1) is 18.7 Å². The number of nitrogens with one attached hydrogen (secondary N) is 4. The number of aliphatic carboxylic acids is 1. The SMILES string of the molecule is CSCCC(NC(=O)C1CCCN1C(=O)C(Cc1cnc[nH]1)NC(=O)C(N)Cc1cnc[nH]1)C(=O)O. The molecule has 3 amide bonds. The maximum absolute atomic E-state index is 13.6. The molecule has 4 atom stereocenters. The summed E-state index contributed by atoms with van der Waals surface area (Å²) in [6.07, 6.45) is 9.51. The molecule has 0 radical (unpaired) electrons. The highest BCUT2D eigenvalue weighted by Gasteiger charge is 2.39. The fraction of sp³-hybridized carbons (Fsp3) is 0.545. The number of hydrogen-bond donors (Lipinski definition) is 6. The van der Waals surface area contributed by atoms with Gasteiger partial charge in [-0.05, 0) is 31.3 Å². The molecule has 1 aliphatic heterocycles. The molecule has 3 heterocycles. The van der Waals surface area contributed by atoms with E-state index < -0.39 is 47.9 Å². The Balaban J connectivity index is 1.71. The molecule has 0 aliphatic carbocycles. The lowest BCUT2D eigenvalue weighted by Crippen LogP contribution is -2.57. The summed E-state index contributed by atoms with van der Waals surface area (Å²) in [7, 11) is 0. The molecule has 1 saturated heterocycles. The Bertz CT molecular complexity index is 1020. The highest BCUT2D eigenvalue weighted by atomic mass is 32.2. The van der Waals surface area contributed by atoms with Crippen LogP contribution in [0.3, 0.4) is 0 Å². The van der Waals surface area contributed by atoms with Crippen molar-refractivity contribution in [2.45, 2.75) is 56.3 Å². The monoisotopic (exact) mass is 520 g/mol. The molecule has 7 N–H and O–H groups in total. The van der Waals surface area contributed by atoms with Gasteiger partial charge in [0, 0.05) is 43.2 Å². The van der Waals surface area contributed by atoms with Crippen molar-refractivity contribution in [1.29, 1.82) is 0 Å². The summed E-state index contributed by atoms with van der Waals surface area (Å²) in [4.78, 5) is 66.1. The van der Waals surface area contributed by atoms with Crippen LogP contribution in [0, 0.1) is 0 Å². The maximum Gasteiger partial charge on any atom is 0.326 e. The van der Waals surface area contributed by atoms with Gasteiger partial charge in [0.15, 0.2) is 0 Å². The second-order valence-corrected chi connectivity index (χ2v) is 9.59. The fourth-order valence-electron chi connectivity index (χ4n) is 4.09. The van der Waals surface area contributed by atoms with Gasteiger partial charge in [0.25, 0.3) is 0 Å². The average Bonchev–Trinajstić information content (AvgIpc) is 3.63. The average molecular weight is 521 g/mol. The number of imidazole rings is 2. The molecule has 4 unspecified atom stereocenters. The van der Waals surface area contributed by atoms with Crippen molar-refractivity contribution >= 4 is 35.5 Å². The van der Waals surface area contributed by atoms with Crippen molar-refractivity contribution in [3.63, 3.8) is 0 Å². The third kappa shape index (κ3) is 7.31. The predicted molar refractivity (Wildman–Crippen MR) is 132 cm³/mol. The Labute approximate surface area is 212 Å². The summed E-state index contributed by atoms with van der Waals surface area (Å²) in [6.45, 7) is 0.314.